The lowest BCUT2D eigenvalue weighted by atomic mass is 10.1. The molecule has 0 saturated carbocycles. The van der Waals surface area contributed by atoms with Crippen LogP contribution in [0.25, 0.3) is 16.6 Å². The molecule has 0 aliphatic carbocycles. The highest BCUT2D eigenvalue weighted by molar-refractivity contribution is 5.85. The van der Waals surface area contributed by atoms with Crippen LogP contribution >= 0.6 is 0 Å². The average Bonchev–Trinajstić information content (AvgIpc) is 3.33. The van der Waals surface area contributed by atoms with Crippen molar-refractivity contribution in [1.29, 1.82) is 0 Å². The topological polar surface area (TPSA) is 76.0 Å². The van der Waals surface area contributed by atoms with Crippen LogP contribution in [0.2, 0.25) is 0 Å². The first-order valence-corrected chi connectivity index (χ1v) is 8.54. The van der Waals surface area contributed by atoms with Crippen molar-refractivity contribution in [2.24, 2.45) is 0 Å². The number of aromatic amines is 1. The maximum Gasteiger partial charge on any atom is 0.123 e. The number of H-pyrrole nitrogens is 1. The number of benzene rings is 2. The lowest BCUT2D eigenvalue weighted by Crippen LogP contribution is -2.18. The second kappa shape index (κ2) is 7.51. The molecule has 2 heterocycles. The first-order chi connectivity index (χ1) is 12.8. The summed E-state index contributed by atoms with van der Waals surface area (Å²) in [5.41, 5.74) is 4.18. The van der Waals surface area contributed by atoms with Crippen molar-refractivity contribution in [3.8, 4) is 5.69 Å². The Labute approximate surface area is 151 Å². The molecule has 1 atom stereocenters. The SMILES string of the molecule is O[C@@H](COCc1ccccc1)Cc1c[nH]c2ccc(-n3cnnc3)cc12. The van der Waals surface area contributed by atoms with E-state index < -0.39 is 6.10 Å². The summed E-state index contributed by atoms with van der Waals surface area (Å²) in [6, 6.07) is 16.1. The molecule has 0 aliphatic rings. The minimum Gasteiger partial charge on any atom is -0.390 e. The van der Waals surface area contributed by atoms with Gasteiger partial charge in [0.05, 0.1) is 19.3 Å². The fourth-order valence-electron chi connectivity index (χ4n) is 3.03. The van der Waals surface area contributed by atoms with Gasteiger partial charge in [0, 0.05) is 29.2 Å². The van der Waals surface area contributed by atoms with E-state index in [2.05, 4.69) is 21.2 Å². The van der Waals surface area contributed by atoms with Crippen LogP contribution in [0.3, 0.4) is 0 Å². The minimum absolute atomic E-state index is 0.298. The Morgan fingerprint density at radius 2 is 1.88 bits per heavy atom. The summed E-state index contributed by atoms with van der Waals surface area (Å²) >= 11 is 0. The van der Waals surface area contributed by atoms with Crippen LogP contribution in [0.1, 0.15) is 11.1 Å². The van der Waals surface area contributed by atoms with E-state index in [1.807, 2.05) is 53.2 Å². The van der Waals surface area contributed by atoms with E-state index in [1.54, 1.807) is 12.7 Å². The lowest BCUT2D eigenvalue weighted by molar-refractivity contribution is 0.0290. The van der Waals surface area contributed by atoms with Crippen molar-refractivity contribution < 1.29 is 9.84 Å². The standard InChI is InChI=1S/C20H20N4O2/c25-18(12-26-11-15-4-2-1-3-5-15)8-16-10-21-20-7-6-17(9-19(16)20)24-13-22-23-14-24/h1-7,9-10,13-14,18,21,25H,8,11-12H2/t18-/m1/s1. The third-order valence-electron chi connectivity index (χ3n) is 4.35. The van der Waals surface area contributed by atoms with Crippen LogP contribution in [0.15, 0.2) is 67.4 Å². The highest BCUT2D eigenvalue weighted by Crippen LogP contribution is 2.23. The van der Waals surface area contributed by atoms with Crippen molar-refractivity contribution in [2.45, 2.75) is 19.1 Å². The summed E-state index contributed by atoms with van der Waals surface area (Å²) in [6.45, 7) is 0.802. The summed E-state index contributed by atoms with van der Waals surface area (Å²) in [5.74, 6) is 0. The van der Waals surface area contributed by atoms with Gasteiger partial charge in [0.15, 0.2) is 0 Å². The number of hydrogen-bond acceptors (Lipinski definition) is 4. The molecule has 6 heteroatoms. The molecule has 0 saturated heterocycles. The molecule has 2 aromatic carbocycles. The van der Waals surface area contributed by atoms with Crippen molar-refractivity contribution in [3.63, 3.8) is 0 Å². The predicted molar refractivity (Wildman–Crippen MR) is 99.0 cm³/mol. The fourth-order valence-corrected chi connectivity index (χ4v) is 3.03. The molecule has 4 rings (SSSR count). The first-order valence-electron chi connectivity index (χ1n) is 8.54. The molecule has 0 aliphatic heterocycles. The fraction of sp³-hybridized carbons (Fsp3) is 0.200. The van der Waals surface area contributed by atoms with Gasteiger partial charge in [0.1, 0.15) is 12.7 Å². The Hall–Kier alpha value is -2.96. The first kappa shape index (κ1) is 16.5. The van der Waals surface area contributed by atoms with Crippen LogP contribution in [0, 0.1) is 0 Å². The minimum atomic E-state index is -0.559. The number of nitrogens with zero attached hydrogens (tertiary/aromatic N) is 3. The molecular weight excluding hydrogens is 328 g/mol. The molecule has 0 unspecified atom stereocenters. The number of hydrogen-bond donors (Lipinski definition) is 2. The Balaban J connectivity index is 1.42. The molecule has 0 bridgehead atoms. The number of aliphatic hydroxyl groups is 1. The van der Waals surface area contributed by atoms with Gasteiger partial charge in [-0.2, -0.15) is 0 Å². The molecular formula is C20H20N4O2. The van der Waals surface area contributed by atoms with E-state index in [0.29, 0.717) is 19.6 Å². The van der Waals surface area contributed by atoms with E-state index in [1.165, 1.54) is 0 Å². The van der Waals surface area contributed by atoms with Crippen LogP contribution in [0.5, 0.6) is 0 Å². The Bertz CT molecular complexity index is 964. The van der Waals surface area contributed by atoms with Crippen molar-refractivity contribution >= 4 is 10.9 Å². The predicted octanol–water partition coefficient (Wildman–Crippen LogP) is 2.87. The molecule has 132 valence electrons. The van der Waals surface area contributed by atoms with E-state index in [9.17, 15) is 5.11 Å². The largest absolute Gasteiger partial charge is 0.390 e. The zero-order valence-electron chi connectivity index (χ0n) is 14.2. The molecule has 4 aromatic rings. The van der Waals surface area contributed by atoms with Gasteiger partial charge >= 0.3 is 0 Å². The van der Waals surface area contributed by atoms with E-state index in [4.69, 9.17) is 4.74 Å². The van der Waals surface area contributed by atoms with Crippen LogP contribution < -0.4 is 0 Å². The Morgan fingerprint density at radius 3 is 2.69 bits per heavy atom. The third-order valence-corrected chi connectivity index (χ3v) is 4.35. The number of fused-ring (bicyclic) bond motifs is 1. The average molecular weight is 348 g/mol. The Kier molecular flexibility index (Phi) is 4.77. The molecule has 0 spiro atoms. The van der Waals surface area contributed by atoms with Gasteiger partial charge in [-0.05, 0) is 29.3 Å². The molecule has 26 heavy (non-hydrogen) atoms. The van der Waals surface area contributed by atoms with Gasteiger partial charge in [-0.1, -0.05) is 30.3 Å². The smallest absolute Gasteiger partial charge is 0.123 e. The number of nitrogens with one attached hydrogen (secondary N) is 1. The number of aromatic nitrogens is 4. The second-order valence-electron chi connectivity index (χ2n) is 6.27. The molecule has 2 aromatic heterocycles. The molecule has 0 radical (unpaired) electrons. The summed E-state index contributed by atoms with van der Waals surface area (Å²) in [7, 11) is 0. The molecule has 6 nitrogen and oxygen atoms in total. The maximum atomic E-state index is 10.3. The van der Waals surface area contributed by atoms with Crippen molar-refractivity contribution in [1.82, 2.24) is 19.7 Å². The van der Waals surface area contributed by atoms with Gasteiger partial charge < -0.3 is 14.8 Å². The third kappa shape index (κ3) is 3.66. The van der Waals surface area contributed by atoms with Gasteiger partial charge in [0.25, 0.3) is 0 Å². The van der Waals surface area contributed by atoms with E-state index in [-0.39, 0.29) is 0 Å². The summed E-state index contributed by atoms with van der Waals surface area (Å²) < 4.78 is 7.50. The Morgan fingerprint density at radius 1 is 1.08 bits per heavy atom. The van der Waals surface area contributed by atoms with E-state index in [0.717, 1.165) is 27.7 Å². The quantitative estimate of drug-likeness (QED) is 0.538. The monoisotopic (exact) mass is 348 g/mol. The molecule has 0 fully saturated rings. The zero-order chi connectivity index (χ0) is 17.8. The van der Waals surface area contributed by atoms with Gasteiger partial charge in [-0.3, -0.25) is 4.57 Å². The lowest BCUT2D eigenvalue weighted by Gasteiger charge is -2.11. The number of aliphatic hydroxyl groups excluding tert-OH is 1. The van der Waals surface area contributed by atoms with Crippen LogP contribution in [-0.2, 0) is 17.8 Å². The van der Waals surface area contributed by atoms with Gasteiger partial charge in [-0.15, -0.1) is 10.2 Å². The van der Waals surface area contributed by atoms with Crippen LogP contribution in [0.4, 0.5) is 0 Å². The normalized spacial score (nSPS) is 12.5. The second-order valence-corrected chi connectivity index (χ2v) is 6.27. The molecule has 2 N–H and O–H groups in total. The summed E-state index contributed by atoms with van der Waals surface area (Å²) in [6.07, 6.45) is 5.25. The zero-order valence-corrected chi connectivity index (χ0v) is 14.2. The van der Waals surface area contributed by atoms with Gasteiger partial charge in [0.2, 0.25) is 0 Å². The van der Waals surface area contributed by atoms with Crippen molar-refractivity contribution in [2.75, 3.05) is 6.61 Å². The van der Waals surface area contributed by atoms with Gasteiger partial charge in [-0.25, -0.2) is 0 Å². The summed E-state index contributed by atoms with van der Waals surface area (Å²) in [5, 5.41) is 19.1. The number of ether oxygens (including phenoxy) is 1. The van der Waals surface area contributed by atoms with Crippen molar-refractivity contribution in [3.05, 3.63) is 78.5 Å². The highest BCUT2D eigenvalue weighted by Gasteiger charge is 2.11. The van der Waals surface area contributed by atoms with E-state index >= 15 is 0 Å². The molecule has 0 amide bonds. The summed E-state index contributed by atoms with van der Waals surface area (Å²) in [4.78, 5) is 3.26. The number of rotatable bonds is 7. The maximum absolute atomic E-state index is 10.3. The van der Waals surface area contributed by atoms with Crippen LogP contribution in [-0.4, -0.2) is 37.6 Å². The highest BCUT2D eigenvalue weighted by atomic mass is 16.5.